The Kier molecular flexibility index (Phi) is 17.8. The SMILES string of the molecule is CCCO[C@@]1(C)C(OCCCCn2cnc(-c3ccccc3)c2)[C@@H](C)C(=O)[C@H](C)C[C@](C)(OC)[C@H](O[C@@H]2O[C@H](C)C[C@H](N(C)C)[C@H]2O)[C@@H](C)C(=O)[C@@H](C)C(=O)O[C@@H]1CC. The molecule has 1 aromatic heterocycles. The van der Waals surface area contributed by atoms with Crippen LogP contribution in [0.4, 0.5) is 0 Å². The number of ketones is 2. The van der Waals surface area contributed by atoms with Crippen LogP contribution >= 0.6 is 0 Å². The third-order valence-corrected chi connectivity index (χ3v) is 12.7. The van der Waals surface area contributed by atoms with Gasteiger partial charge in [0.05, 0.1) is 35.9 Å². The molecule has 13 nitrogen and oxygen atoms in total. The highest BCUT2D eigenvalue weighted by atomic mass is 16.7. The first-order valence-electron chi connectivity index (χ1n) is 21.7. The van der Waals surface area contributed by atoms with Gasteiger partial charge in [-0.3, -0.25) is 14.4 Å². The third-order valence-electron chi connectivity index (χ3n) is 12.7. The normalized spacial score (nSPS) is 35.4. The third kappa shape index (κ3) is 11.7. The molecule has 0 amide bonds. The molecule has 332 valence electrons. The molecule has 2 aliphatic heterocycles. The lowest BCUT2D eigenvalue weighted by Gasteiger charge is -2.47. The summed E-state index contributed by atoms with van der Waals surface area (Å²) in [6, 6.07) is 9.78. The number of aryl methyl sites for hydroxylation is 1. The van der Waals surface area contributed by atoms with Crippen LogP contribution in [0.15, 0.2) is 42.9 Å². The summed E-state index contributed by atoms with van der Waals surface area (Å²) in [5.74, 6) is -4.56. The van der Waals surface area contributed by atoms with E-state index in [1.807, 2.05) is 110 Å². The van der Waals surface area contributed by atoms with E-state index in [4.69, 9.17) is 28.4 Å². The summed E-state index contributed by atoms with van der Waals surface area (Å²) in [5.41, 5.74) is -0.492. The van der Waals surface area contributed by atoms with Crippen molar-refractivity contribution in [2.75, 3.05) is 34.4 Å². The Bertz CT molecular complexity index is 1640. The minimum Gasteiger partial charge on any atom is -0.459 e. The second-order valence-corrected chi connectivity index (χ2v) is 17.6. The number of aliphatic hydroxyl groups is 1. The maximum atomic E-state index is 14.8. The van der Waals surface area contributed by atoms with E-state index in [1.54, 1.807) is 13.8 Å². The largest absolute Gasteiger partial charge is 0.459 e. The predicted molar refractivity (Wildman–Crippen MR) is 225 cm³/mol. The van der Waals surface area contributed by atoms with Crippen molar-refractivity contribution in [1.29, 1.82) is 0 Å². The summed E-state index contributed by atoms with van der Waals surface area (Å²) in [6.45, 7) is 17.9. The highest BCUT2D eigenvalue weighted by Crippen LogP contribution is 2.40. The smallest absolute Gasteiger partial charge is 0.316 e. The van der Waals surface area contributed by atoms with Crippen LogP contribution in [-0.4, -0.2) is 126 Å². The number of cyclic esters (lactones) is 1. The number of likely N-dealkylation sites (N-methyl/N-ethyl adjacent to an activating group) is 1. The molecule has 59 heavy (non-hydrogen) atoms. The molecule has 1 unspecified atom stereocenters. The van der Waals surface area contributed by atoms with Crippen LogP contribution in [0.2, 0.25) is 0 Å². The fourth-order valence-electron chi connectivity index (χ4n) is 9.05. The molecular formula is C46H73N3O10. The molecular weight excluding hydrogens is 755 g/mol. The molecule has 13 heteroatoms. The van der Waals surface area contributed by atoms with Crippen LogP contribution in [0.5, 0.6) is 0 Å². The molecule has 13 atom stereocenters. The van der Waals surface area contributed by atoms with Gasteiger partial charge in [-0.05, 0) is 80.3 Å². The first-order chi connectivity index (χ1) is 27.9. The summed E-state index contributed by atoms with van der Waals surface area (Å²) in [5, 5.41) is 11.5. The number of aliphatic hydroxyl groups excluding tert-OH is 1. The Morgan fingerprint density at radius 3 is 2.25 bits per heavy atom. The van der Waals surface area contributed by atoms with Crippen LogP contribution in [0.25, 0.3) is 11.3 Å². The molecule has 2 aliphatic rings. The Morgan fingerprint density at radius 1 is 0.949 bits per heavy atom. The van der Waals surface area contributed by atoms with Crippen LogP contribution in [0.3, 0.4) is 0 Å². The van der Waals surface area contributed by atoms with Gasteiger partial charge >= 0.3 is 5.97 Å². The molecule has 0 spiro atoms. The number of ether oxygens (including phenoxy) is 6. The van der Waals surface area contributed by atoms with Gasteiger partial charge in [0, 0.05) is 62.4 Å². The lowest BCUT2D eigenvalue weighted by molar-refractivity contribution is -0.295. The Balaban J connectivity index is 1.66. The van der Waals surface area contributed by atoms with Gasteiger partial charge in [-0.15, -0.1) is 0 Å². The van der Waals surface area contributed by atoms with Crippen molar-refractivity contribution in [2.24, 2.45) is 23.7 Å². The van der Waals surface area contributed by atoms with Gasteiger partial charge in [0.1, 0.15) is 29.5 Å². The Morgan fingerprint density at radius 2 is 1.63 bits per heavy atom. The maximum absolute atomic E-state index is 14.8. The van der Waals surface area contributed by atoms with Gasteiger partial charge in [-0.1, -0.05) is 65.0 Å². The molecule has 1 aromatic carbocycles. The number of methoxy groups -OCH3 is 1. The van der Waals surface area contributed by atoms with Gasteiger partial charge in [-0.2, -0.15) is 0 Å². The van der Waals surface area contributed by atoms with E-state index in [0.29, 0.717) is 38.9 Å². The minimum atomic E-state index is -1.23. The minimum absolute atomic E-state index is 0.0870. The van der Waals surface area contributed by atoms with Crippen LogP contribution in [-0.2, 0) is 49.3 Å². The highest BCUT2D eigenvalue weighted by Gasteiger charge is 2.53. The summed E-state index contributed by atoms with van der Waals surface area (Å²) in [6.07, 6.45) is 2.16. The summed E-state index contributed by atoms with van der Waals surface area (Å²) in [4.78, 5) is 49.7. The van der Waals surface area contributed by atoms with Crippen LogP contribution < -0.4 is 0 Å². The van der Waals surface area contributed by atoms with Crippen molar-refractivity contribution >= 4 is 17.5 Å². The second kappa shape index (κ2) is 21.7. The van der Waals surface area contributed by atoms with Crippen LogP contribution in [0.1, 0.15) is 101 Å². The number of esters is 1. The molecule has 1 N–H and O–H groups in total. The first kappa shape index (κ1) is 48.6. The van der Waals surface area contributed by atoms with Crippen molar-refractivity contribution in [2.45, 2.75) is 161 Å². The number of aromatic nitrogens is 2. The number of carbonyl (C=O) groups excluding carboxylic acids is 3. The van der Waals surface area contributed by atoms with E-state index in [9.17, 15) is 19.5 Å². The van der Waals surface area contributed by atoms with Gasteiger partial charge in [0.25, 0.3) is 0 Å². The second-order valence-electron chi connectivity index (χ2n) is 17.6. The number of imidazole rings is 1. The van der Waals surface area contributed by atoms with Gasteiger partial charge in [0.2, 0.25) is 0 Å². The van der Waals surface area contributed by atoms with Crippen molar-refractivity contribution < 1.29 is 47.9 Å². The molecule has 2 fully saturated rings. The quantitative estimate of drug-likeness (QED) is 0.118. The highest BCUT2D eigenvalue weighted by molar-refractivity contribution is 6.00. The molecule has 3 heterocycles. The molecule has 0 aliphatic carbocycles. The van der Waals surface area contributed by atoms with Gasteiger partial charge in [0.15, 0.2) is 12.1 Å². The van der Waals surface area contributed by atoms with E-state index in [1.165, 1.54) is 7.11 Å². The van der Waals surface area contributed by atoms with Crippen molar-refractivity contribution in [3.63, 3.8) is 0 Å². The fraction of sp³-hybridized carbons (Fsp3) is 0.739. The average molecular weight is 828 g/mol. The maximum Gasteiger partial charge on any atom is 0.316 e. The van der Waals surface area contributed by atoms with Crippen molar-refractivity contribution in [3.05, 3.63) is 42.9 Å². The Labute approximate surface area is 352 Å². The monoisotopic (exact) mass is 828 g/mol. The number of rotatable bonds is 15. The lowest BCUT2D eigenvalue weighted by atomic mass is 9.74. The topological polar surface area (TPSA) is 148 Å². The van der Waals surface area contributed by atoms with Crippen molar-refractivity contribution in [3.8, 4) is 11.3 Å². The van der Waals surface area contributed by atoms with E-state index in [-0.39, 0.29) is 24.3 Å². The standard InChI is InChI=1S/C46H73N3O10/c1-13-23-56-46(9)37(14-2)58-43(53)33(7)39(51)32(6)41(59-44-40(52)36(48(10)11)25-30(4)57-44)45(8,54-12)26-29(3)38(50)31(5)42(46)55-24-19-18-22-49-27-35(47-28-49)34-20-16-15-17-21-34/h15-17,20-21,27-33,36-37,40-42,44,52H,13-14,18-19,22-26H2,1-12H3/t29-,30-,31+,32+,33-,36+,37-,40-,41-,42?,44+,45+,46-/m1/s1. The zero-order valence-corrected chi connectivity index (χ0v) is 37.7. The summed E-state index contributed by atoms with van der Waals surface area (Å²) < 4.78 is 40.7. The number of carbonyl (C=O) groups is 3. The van der Waals surface area contributed by atoms with E-state index < -0.39 is 77.3 Å². The van der Waals surface area contributed by atoms with Gasteiger partial charge < -0.3 is 43.0 Å². The van der Waals surface area contributed by atoms with E-state index >= 15 is 0 Å². The molecule has 4 rings (SSSR count). The number of nitrogens with zero attached hydrogens (tertiary/aromatic N) is 3. The summed E-state index contributed by atoms with van der Waals surface area (Å²) >= 11 is 0. The van der Waals surface area contributed by atoms with Gasteiger partial charge in [-0.25, -0.2) is 4.98 Å². The first-order valence-corrected chi connectivity index (χ1v) is 21.7. The molecule has 0 bridgehead atoms. The zero-order valence-electron chi connectivity index (χ0n) is 37.7. The fourth-order valence-corrected chi connectivity index (χ4v) is 9.05. The molecule has 2 aromatic rings. The van der Waals surface area contributed by atoms with Crippen LogP contribution in [0, 0.1) is 23.7 Å². The van der Waals surface area contributed by atoms with E-state index in [2.05, 4.69) is 9.55 Å². The van der Waals surface area contributed by atoms with E-state index in [0.717, 1.165) is 24.2 Å². The number of benzene rings is 1. The Hall–Kier alpha value is -3.04. The predicted octanol–water partition coefficient (Wildman–Crippen LogP) is 6.53. The number of unbranched alkanes of at least 4 members (excludes halogenated alkanes) is 1. The molecule has 2 saturated heterocycles. The summed E-state index contributed by atoms with van der Waals surface area (Å²) in [7, 11) is 5.30. The zero-order chi connectivity index (χ0) is 43.7. The molecule has 0 saturated carbocycles. The number of Topliss-reactive ketones (excluding diaryl/α,β-unsaturated/α-hetero) is 2. The number of hydrogen-bond donors (Lipinski definition) is 1. The average Bonchev–Trinajstić information content (AvgIpc) is 3.70. The lowest BCUT2D eigenvalue weighted by Crippen LogP contribution is -2.60. The van der Waals surface area contributed by atoms with Crippen molar-refractivity contribution in [1.82, 2.24) is 14.5 Å². The molecule has 0 radical (unpaired) electrons. The number of hydrogen-bond acceptors (Lipinski definition) is 12.